The number of hydrogen-bond acceptors (Lipinski definition) is 4. The average molecular weight is 354 g/mol. The number of pyridine rings is 1. The molecule has 0 saturated carbocycles. The average Bonchev–Trinajstić information content (AvgIpc) is 3.01. The number of aromatic amines is 1. The smallest absolute Gasteiger partial charge is 0.228 e. The normalized spacial score (nSPS) is 15.8. The highest BCUT2D eigenvalue weighted by Gasteiger charge is 2.29. The lowest BCUT2D eigenvalue weighted by Gasteiger charge is -2.38. The van der Waals surface area contributed by atoms with E-state index in [0.717, 1.165) is 48.5 Å². The zero-order chi connectivity index (χ0) is 18.9. The van der Waals surface area contributed by atoms with E-state index in [1.54, 1.807) is 6.08 Å². The van der Waals surface area contributed by atoms with Gasteiger partial charge in [0.05, 0.1) is 11.9 Å². The lowest BCUT2D eigenvalue weighted by molar-refractivity contribution is -0.139. The van der Waals surface area contributed by atoms with E-state index >= 15 is 0 Å². The first-order chi connectivity index (χ1) is 12.3. The van der Waals surface area contributed by atoms with E-state index in [-0.39, 0.29) is 17.1 Å². The van der Waals surface area contributed by atoms with Gasteiger partial charge in [0.15, 0.2) is 5.78 Å². The van der Waals surface area contributed by atoms with Crippen molar-refractivity contribution in [3.05, 3.63) is 30.1 Å². The molecule has 0 aliphatic carbocycles. The van der Waals surface area contributed by atoms with Gasteiger partial charge in [-0.1, -0.05) is 20.8 Å². The molecular formula is C20H26N4O2. The molecule has 0 radical (unpaired) electrons. The number of rotatable bonds is 3. The van der Waals surface area contributed by atoms with Crippen LogP contribution in [0.1, 0.15) is 33.3 Å². The minimum Gasteiger partial charge on any atom is -0.367 e. The standard InChI is InChI=1S/C20H26N4O2/c1-14(25)5-6-15-12-21-18-17(15)11-16(13-22-18)23-7-9-24(10-8-23)19(26)20(2,3)4/h5-6,11-13H,7-10H2,1-4H3,(H,21,22)/b6-5+. The number of amides is 1. The highest BCUT2D eigenvalue weighted by atomic mass is 16.2. The summed E-state index contributed by atoms with van der Waals surface area (Å²) in [6.07, 6.45) is 7.10. The molecule has 2 aromatic rings. The molecule has 1 N–H and O–H groups in total. The number of fused-ring (bicyclic) bond motifs is 1. The second-order valence-corrected chi connectivity index (χ2v) is 7.81. The van der Waals surface area contributed by atoms with Crippen LogP contribution in [0.3, 0.4) is 0 Å². The fourth-order valence-corrected chi connectivity index (χ4v) is 3.17. The molecule has 0 atom stereocenters. The van der Waals surface area contributed by atoms with E-state index in [9.17, 15) is 9.59 Å². The molecule has 1 aliphatic heterocycles. The van der Waals surface area contributed by atoms with Gasteiger partial charge in [-0.15, -0.1) is 0 Å². The van der Waals surface area contributed by atoms with Crippen molar-refractivity contribution >= 4 is 34.5 Å². The molecule has 26 heavy (non-hydrogen) atoms. The first-order valence-electron chi connectivity index (χ1n) is 8.96. The van der Waals surface area contributed by atoms with Gasteiger partial charge in [0.2, 0.25) is 5.91 Å². The number of ketones is 1. The number of hydrogen-bond donors (Lipinski definition) is 1. The molecular weight excluding hydrogens is 328 g/mol. The van der Waals surface area contributed by atoms with Gasteiger partial charge in [-0.25, -0.2) is 4.98 Å². The number of anilines is 1. The molecule has 0 spiro atoms. The molecule has 1 aliphatic rings. The molecule has 3 heterocycles. The SMILES string of the molecule is CC(=O)/C=C/c1c[nH]c2ncc(N3CCN(C(=O)C(C)(C)C)CC3)cc12. The van der Waals surface area contributed by atoms with Crippen molar-refractivity contribution in [2.24, 2.45) is 5.41 Å². The summed E-state index contributed by atoms with van der Waals surface area (Å²) in [5, 5.41) is 0.994. The van der Waals surface area contributed by atoms with Crippen LogP contribution in [-0.2, 0) is 9.59 Å². The number of carbonyl (C=O) groups excluding carboxylic acids is 2. The van der Waals surface area contributed by atoms with Crippen LogP contribution < -0.4 is 4.90 Å². The maximum absolute atomic E-state index is 12.4. The third-order valence-corrected chi connectivity index (χ3v) is 4.62. The van der Waals surface area contributed by atoms with Gasteiger partial charge < -0.3 is 14.8 Å². The Kier molecular flexibility index (Phi) is 4.85. The van der Waals surface area contributed by atoms with Gasteiger partial charge >= 0.3 is 0 Å². The molecule has 6 nitrogen and oxygen atoms in total. The van der Waals surface area contributed by atoms with Crippen LogP contribution in [0.15, 0.2) is 24.5 Å². The minimum absolute atomic E-state index is 0.0168. The van der Waals surface area contributed by atoms with Crippen molar-refractivity contribution in [2.45, 2.75) is 27.7 Å². The second-order valence-electron chi connectivity index (χ2n) is 7.81. The summed E-state index contributed by atoms with van der Waals surface area (Å²) in [5.74, 6) is 0.219. The van der Waals surface area contributed by atoms with E-state index in [2.05, 4.69) is 20.9 Å². The summed E-state index contributed by atoms with van der Waals surface area (Å²) in [6, 6.07) is 2.10. The Bertz CT molecular complexity index is 852. The van der Waals surface area contributed by atoms with Crippen LogP contribution in [-0.4, -0.2) is 52.7 Å². The van der Waals surface area contributed by atoms with Crippen molar-refractivity contribution in [3.63, 3.8) is 0 Å². The van der Waals surface area contributed by atoms with Crippen molar-refractivity contribution in [3.8, 4) is 0 Å². The zero-order valence-electron chi connectivity index (χ0n) is 15.9. The Balaban J connectivity index is 1.76. The van der Waals surface area contributed by atoms with Crippen LogP contribution in [0.4, 0.5) is 5.69 Å². The molecule has 1 fully saturated rings. The number of aromatic nitrogens is 2. The number of piperazine rings is 1. The van der Waals surface area contributed by atoms with Crippen LogP contribution >= 0.6 is 0 Å². The largest absolute Gasteiger partial charge is 0.367 e. The minimum atomic E-state index is -0.342. The Morgan fingerprint density at radius 2 is 1.88 bits per heavy atom. The molecule has 1 amide bonds. The van der Waals surface area contributed by atoms with E-state index < -0.39 is 0 Å². The van der Waals surface area contributed by atoms with E-state index in [4.69, 9.17) is 0 Å². The number of H-pyrrole nitrogens is 1. The lowest BCUT2D eigenvalue weighted by atomic mass is 9.94. The molecule has 0 aromatic carbocycles. The third kappa shape index (κ3) is 3.79. The summed E-state index contributed by atoms with van der Waals surface area (Å²) < 4.78 is 0. The summed E-state index contributed by atoms with van der Waals surface area (Å²) in [4.78, 5) is 35.5. The predicted molar refractivity (Wildman–Crippen MR) is 104 cm³/mol. The second kappa shape index (κ2) is 6.94. The van der Waals surface area contributed by atoms with Crippen LogP contribution in [0.2, 0.25) is 0 Å². The summed E-state index contributed by atoms with van der Waals surface area (Å²) in [5.41, 5.74) is 2.45. The summed E-state index contributed by atoms with van der Waals surface area (Å²) in [6.45, 7) is 10.4. The molecule has 6 heteroatoms. The Labute approximate surface area is 153 Å². The van der Waals surface area contributed by atoms with Gasteiger partial charge in [-0.2, -0.15) is 0 Å². The van der Waals surface area contributed by atoms with Gasteiger partial charge in [0.1, 0.15) is 5.65 Å². The van der Waals surface area contributed by atoms with E-state index in [1.807, 2.05) is 44.1 Å². The van der Waals surface area contributed by atoms with E-state index in [0.29, 0.717) is 0 Å². The highest BCUT2D eigenvalue weighted by molar-refractivity contribution is 5.96. The van der Waals surface area contributed by atoms with Crippen LogP contribution in [0.5, 0.6) is 0 Å². The monoisotopic (exact) mass is 354 g/mol. The zero-order valence-corrected chi connectivity index (χ0v) is 15.9. The predicted octanol–water partition coefficient (Wildman–Crippen LogP) is 2.86. The number of nitrogens with zero attached hydrogens (tertiary/aromatic N) is 3. The first kappa shape index (κ1) is 18.2. The van der Waals surface area contributed by atoms with Gasteiger partial charge in [-0.05, 0) is 25.1 Å². The maximum Gasteiger partial charge on any atom is 0.228 e. The Morgan fingerprint density at radius 1 is 1.19 bits per heavy atom. The molecule has 0 bridgehead atoms. The van der Waals surface area contributed by atoms with Crippen LogP contribution in [0.25, 0.3) is 17.1 Å². The van der Waals surface area contributed by atoms with Crippen LogP contribution in [0, 0.1) is 5.41 Å². The van der Waals surface area contributed by atoms with E-state index in [1.165, 1.54) is 6.92 Å². The van der Waals surface area contributed by atoms with Gasteiger partial charge in [-0.3, -0.25) is 9.59 Å². The molecule has 138 valence electrons. The number of nitrogens with one attached hydrogen (secondary N) is 1. The number of allylic oxidation sites excluding steroid dienone is 1. The molecule has 3 rings (SSSR count). The van der Waals surface area contributed by atoms with Gasteiger partial charge in [0.25, 0.3) is 0 Å². The molecule has 0 unspecified atom stereocenters. The summed E-state index contributed by atoms with van der Waals surface area (Å²) in [7, 11) is 0. The quantitative estimate of drug-likeness (QED) is 0.861. The van der Waals surface area contributed by atoms with Crippen molar-refractivity contribution < 1.29 is 9.59 Å². The Morgan fingerprint density at radius 3 is 2.50 bits per heavy atom. The summed E-state index contributed by atoms with van der Waals surface area (Å²) >= 11 is 0. The highest BCUT2D eigenvalue weighted by Crippen LogP contribution is 2.25. The third-order valence-electron chi connectivity index (χ3n) is 4.62. The maximum atomic E-state index is 12.4. The lowest BCUT2D eigenvalue weighted by Crippen LogP contribution is -2.51. The Hall–Kier alpha value is -2.63. The van der Waals surface area contributed by atoms with Crippen molar-refractivity contribution in [1.29, 1.82) is 0 Å². The topological polar surface area (TPSA) is 69.3 Å². The first-order valence-corrected chi connectivity index (χ1v) is 8.96. The number of carbonyl (C=O) groups is 2. The van der Waals surface area contributed by atoms with Crippen molar-refractivity contribution in [2.75, 3.05) is 31.1 Å². The molecule has 1 saturated heterocycles. The fourth-order valence-electron chi connectivity index (χ4n) is 3.17. The van der Waals surface area contributed by atoms with Gasteiger partial charge in [0, 0.05) is 48.7 Å². The van der Waals surface area contributed by atoms with Crippen molar-refractivity contribution in [1.82, 2.24) is 14.9 Å². The molecule has 2 aromatic heterocycles. The fraction of sp³-hybridized carbons (Fsp3) is 0.450.